The van der Waals surface area contributed by atoms with Crippen LogP contribution in [0.1, 0.15) is 33.6 Å². The Kier molecular flexibility index (Phi) is 8.77. The molecule has 2 aromatic rings. The second-order valence-corrected chi connectivity index (χ2v) is 8.51. The number of ether oxygens (including phenoxy) is 2. The van der Waals surface area contributed by atoms with Crippen molar-refractivity contribution in [1.82, 2.24) is 0 Å². The van der Waals surface area contributed by atoms with Crippen LogP contribution in [0.2, 0.25) is 0 Å². The lowest BCUT2D eigenvalue weighted by Gasteiger charge is -2.37. The number of rotatable bonds is 9. The van der Waals surface area contributed by atoms with Gasteiger partial charge >= 0.3 is 11.9 Å². The van der Waals surface area contributed by atoms with Crippen molar-refractivity contribution in [2.75, 3.05) is 22.9 Å². The van der Waals surface area contributed by atoms with Crippen molar-refractivity contribution in [1.29, 1.82) is 0 Å². The second kappa shape index (κ2) is 11.7. The summed E-state index contributed by atoms with van der Waals surface area (Å²) in [5.74, 6) is -1.17. The predicted molar refractivity (Wildman–Crippen MR) is 135 cm³/mol. The van der Waals surface area contributed by atoms with Crippen LogP contribution in [0.4, 0.5) is 11.4 Å². The standard InChI is InChI=1S/C27H31ClN2O4/c1-4-33-25(31)27(26(32)34-5-2)17-21(19-29-23-12-8-6-9-13-23)16-22(18-27)20(3)30(28)24-14-10-7-11-15-24/h6-16,19-20,29H,4-5,17-18H2,1-3H3/b21-19-. The van der Waals surface area contributed by atoms with Crippen LogP contribution in [0, 0.1) is 5.41 Å². The summed E-state index contributed by atoms with van der Waals surface area (Å²) in [6.45, 7) is 5.73. The maximum absolute atomic E-state index is 13.2. The van der Waals surface area contributed by atoms with E-state index in [-0.39, 0.29) is 32.1 Å². The van der Waals surface area contributed by atoms with E-state index in [0.29, 0.717) is 0 Å². The first-order chi connectivity index (χ1) is 16.4. The van der Waals surface area contributed by atoms with Crippen molar-refractivity contribution in [3.05, 3.63) is 84.1 Å². The Morgan fingerprint density at radius 3 is 2.12 bits per heavy atom. The molecule has 1 N–H and O–H groups in total. The van der Waals surface area contributed by atoms with Crippen LogP contribution in [0.3, 0.4) is 0 Å². The molecule has 3 rings (SSSR count). The number of carbonyl (C=O) groups excluding carboxylic acids is 2. The third kappa shape index (κ3) is 5.81. The van der Waals surface area contributed by atoms with E-state index in [1.54, 1.807) is 18.3 Å². The van der Waals surface area contributed by atoms with E-state index in [9.17, 15) is 9.59 Å². The van der Waals surface area contributed by atoms with Crippen molar-refractivity contribution >= 4 is 35.1 Å². The first kappa shape index (κ1) is 25.4. The number of nitrogens with zero attached hydrogens (tertiary/aromatic N) is 1. The average molecular weight is 483 g/mol. The van der Waals surface area contributed by atoms with Crippen molar-refractivity contribution < 1.29 is 19.1 Å². The molecule has 0 bridgehead atoms. The van der Waals surface area contributed by atoms with Gasteiger partial charge in [-0.25, -0.2) is 0 Å². The van der Waals surface area contributed by atoms with Crippen LogP contribution in [-0.4, -0.2) is 31.2 Å². The molecule has 6 nitrogen and oxygen atoms in total. The van der Waals surface area contributed by atoms with Gasteiger partial charge in [0.2, 0.25) is 0 Å². The maximum Gasteiger partial charge on any atom is 0.324 e. The molecule has 0 radical (unpaired) electrons. The molecule has 0 saturated heterocycles. The fourth-order valence-electron chi connectivity index (χ4n) is 4.02. The SMILES string of the molecule is CCOC(=O)C1(C(=O)OCC)CC(C(C)N(Cl)c2ccccc2)=C/C(=C/Nc2ccccc2)C1. The highest BCUT2D eigenvalue weighted by Gasteiger charge is 2.52. The summed E-state index contributed by atoms with van der Waals surface area (Å²) in [4.78, 5) is 26.4. The molecule has 2 aromatic carbocycles. The number of halogens is 1. The molecule has 0 aromatic heterocycles. The molecule has 0 heterocycles. The minimum Gasteiger partial charge on any atom is -0.465 e. The molecular weight excluding hydrogens is 452 g/mol. The van der Waals surface area contributed by atoms with E-state index in [1.807, 2.05) is 79.9 Å². The lowest BCUT2D eigenvalue weighted by atomic mass is 9.70. The molecular formula is C27H31ClN2O4. The van der Waals surface area contributed by atoms with Gasteiger partial charge in [0.05, 0.1) is 24.9 Å². The number of hydrogen-bond donors (Lipinski definition) is 1. The molecule has 0 spiro atoms. The quantitative estimate of drug-likeness (QED) is 0.274. The number of allylic oxidation sites excluding steroid dienone is 2. The van der Waals surface area contributed by atoms with Gasteiger partial charge in [0.25, 0.3) is 0 Å². The highest BCUT2D eigenvalue weighted by molar-refractivity contribution is 6.26. The topological polar surface area (TPSA) is 67.9 Å². The lowest BCUT2D eigenvalue weighted by molar-refractivity contribution is -0.172. The Morgan fingerprint density at radius 1 is 1.00 bits per heavy atom. The van der Waals surface area contributed by atoms with Gasteiger partial charge in [-0.05, 0) is 62.6 Å². The van der Waals surface area contributed by atoms with Crippen LogP contribution in [0.15, 0.2) is 84.1 Å². The third-order valence-corrected chi connectivity index (χ3v) is 6.28. The van der Waals surface area contributed by atoms with Crippen LogP contribution in [0.25, 0.3) is 0 Å². The first-order valence-electron chi connectivity index (χ1n) is 11.5. The molecule has 0 amide bonds. The number of anilines is 2. The number of nitrogens with one attached hydrogen (secondary N) is 1. The summed E-state index contributed by atoms with van der Waals surface area (Å²) in [5, 5.41) is 3.26. The Bertz CT molecular complexity index is 1020. The number of esters is 2. The molecule has 0 saturated carbocycles. The Labute approximate surface area is 206 Å². The molecule has 7 heteroatoms. The summed E-state index contributed by atoms with van der Waals surface area (Å²) in [7, 11) is 0. The van der Waals surface area contributed by atoms with Crippen LogP contribution < -0.4 is 9.74 Å². The van der Waals surface area contributed by atoms with Gasteiger partial charge in [-0.1, -0.05) is 42.5 Å². The van der Waals surface area contributed by atoms with Crippen molar-refractivity contribution in [2.45, 2.75) is 39.7 Å². The molecule has 180 valence electrons. The minimum absolute atomic E-state index is 0.157. The van der Waals surface area contributed by atoms with Gasteiger partial charge in [0, 0.05) is 30.1 Å². The van der Waals surface area contributed by atoms with Crippen molar-refractivity contribution in [3.63, 3.8) is 0 Å². The van der Waals surface area contributed by atoms with Gasteiger partial charge < -0.3 is 14.8 Å². The van der Waals surface area contributed by atoms with Crippen LogP contribution in [-0.2, 0) is 19.1 Å². The maximum atomic E-state index is 13.2. The summed E-state index contributed by atoms with van der Waals surface area (Å²) >= 11 is 6.71. The zero-order valence-electron chi connectivity index (χ0n) is 19.8. The molecule has 1 aliphatic carbocycles. The third-order valence-electron chi connectivity index (χ3n) is 5.79. The van der Waals surface area contributed by atoms with E-state index < -0.39 is 17.4 Å². The molecule has 1 atom stereocenters. The largest absolute Gasteiger partial charge is 0.465 e. The van der Waals surface area contributed by atoms with Gasteiger partial charge in [-0.3, -0.25) is 14.0 Å². The number of benzene rings is 2. The monoisotopic (exact) mass is 482 g/mol. The predicted octanol–water partition coefficient (Wildman–Crippen LogP) is 5.86. The summed E-state index contributed by atoms with van der Waals surface area (Å²) in [5.41, 5.74) is 1.82. The van der Waals surface area contributed by atoms with E-state index in [1.165, 1.54) is 0 Å². The minimum atomic E-state index is -1.48. The second-order valence-electron chi connectivity index (χ2n) is 8.15. The summed E-state index contributed by atoms with van der Waals surface area (Å²) in [6, 6.07) is 18.9. The molecule has 0 aliphatic heterocycles. The molecule has 1 aliphatic rings. The van der Waals surface area contributed by atoms with Crippen LogP contribution in [0.5, 0.6) is 0 Å². The van der Waals surface area contributed by atoms with Gasteiger partial charge in [0.15, 0.2) is 5.41 Å². The molecule has 1 unspecified atom stereocenters. The Balaban J connectivity index is 2.02. The van der Waals surface area contributed by atoms with Crippen LogP contribution >= 0.6 is 11.8 Å². The van der Waals surface area contributed by atoms with Crippen molar-refractivity contribution in [3.8, 4) is 0 Å². The number of carbonyl (C=O) groups is 2. The van der Waals surface area contributed by atoms with E-state index in [2.05, 4.69) is 5.32 Å². The normalized spacial score (nSPS) is 16.8. The average Bonchev–Trinajstić information content (AvgIpc) is 2.87. The fourth-order valence-corrected chi connectivity index (χ4v) is 4.26. The smallest absolute Gasteiger partial charge is 0.324 e. The summed E-state index contributed by atoms with van der Waals surface area (Å²) in [6.07, 6.45) is 4.13. The number of hydrogen-bond acceptors (Lipinski definition) is 6. The first-order valence-corrected chi connectivity index (χ1v) is 11.8. The Hall–Kier alpha value is -3.25. The molecule has 0 fully saturated rings. The molecule has 34 heavy (non-hydrogen) atoms. The van der Waals surface area contributed by atoms with Crippen molar-refractivity contribution in [2.24, 2.45) is 5.41 Å². The van der Waals surface area contributed by atoms with E-state index in [4.69, 9.17) is 21.3 Å². The lowest BCUT2D eigenvalue weighted by Crippen LogP contribution is -2.46. The Morgan fingerprint density at radius 2 is 1.56 bits per heavy atom. The summed E-state index contributed by atoms with van der Waals surface area (Å²) < 4.78 is 12.4. The van der Waals surface area contributed by atoms with Gasteiger partial charge in [0.1, 0.15) is 0 Å². The zero-order valence-corrected chi connectivity index (χ0v) is 20.5. The van der Waals surface area contributed by atoms with Gasteiger partial charge in [-0.15, -0.1) is 0 Å². The van der Waals surface area contributed by atoms with Gasteiger partial charge in [-0.2, -0.15) is 0 Å². The number of para-hydroxylation sites is 2. The van der Waals surface area contributed by atoms with E-state index in [0.717, 1.165) is 22.5 Å². The zero-order chi connectivity index (χ0) is 24.6. The highest BCUT2D eigenvalue weighted by atomic mass is 35.5. The van der Waals surface area contributed by atoms with E-state index >= 15 is 0 Å². The fraction of sp³-hybridized carbons (Fsp3) is 0.333. The highest BCUT2D eigenvalue weighted by Crippen LogP contribution is 2.43.